The first-order valence-corrected chi connectivity index (χ1v) is 9.57. The third-order valence-corrected chi connectivity index (χ3v) is 4.80. The van der Waals surface area contributed by atoms with Crippen molar-refractivity contribution in [3.8, 4) is 0 Å². The molecule has 146 valence electrons. The Labute approximate surface area is 174 Å². The summed E-state index contributed by atoms with van der Waals surface area (Å²) in [5.41, 5.74) is 1.67. The van der Waals surface area contributed by atoms with E-state index in [0.29, 0.717) is 22.3 Å². The average Bonchev–Trinajstić information content (AvgIpc) is 3.32. The summed E-state index contributed by atoms with van der Waals surface area (Å²) in [6.07, 6.45) is 0.415. The van der Waals surface area contributed by atoms with Crippen LogP contribution in [0, 0.1) is 6.92 Å². The number of carbonyl (C=O) groups excluding carboxylic acids is 2. The summed E-state index contributed by atoms with van der Waals surface area (Å²) in [5, 5.41) is 7.07. The van der Waals surface area contributed by atoms with Gasteiger partial charge in [0, 0.05) is 33.2 Å². The van der Waals surface area contributed by atoms with Crippen molar-refractivity contribution < 1.29 is 18.8 Å². The molecule has 1 atom stereocenters. The molecule has 0 fully saturated rings. The lowest BCUT2D eigenvalue weighted by Gasteiger charge is -2.17. The molecule has 2 heterocycles. The molecular formula is C21H16BrN3O4. The van der Waals surface area contributed by atoms with Gasteiger partial charge in [-0.15, -0.1) is 0 Å². The van der Waals surface area contributed by atoms with Crippen LogP contribution in [0.15, 0.2) is 69.8 Å². The molecule has 0 saturated carbocycles. The van der Waals surface area contributed by atoms with Crippen LogP contribution in [-0.2, 0) is 9.53 Å². The van der Waals surface area contributed by atoms with E-state index in [0.717, 1.165) is 9.99 Å². The third kappa shape index (κ3) is 4.07. The van der Waals surface area contributed by atoms with E-state index < -0.39 is 18.0 Å². The van der Waals surface area contributed by atoms with E-state index in [4.69, 9.17) is 9.26 Å². The molecule has 0 aliphatic carbocycles. The minimum absolute atomic E-state index is 0.250. The Bertz CT molecular complexity index is 1180. The summed E-state index contributed by atoms with van der Waals surface area (Å²) in [5.74, 6) is -0.341. The first kappa shape index (κ1) is 18.9. The van der Waals surface area contributed by atoms with Gasteiger partial charge in [-0.1, -0.05) is 51.4 Å². The Kier molecular flexibility index (Phi) is 5.18. The van der Waals surface area contributed by atoms with Crippen molar-refractivity contribution in [1.29, 1.82) is 0 Å². The highest BCUT2D eigenvalue weighted by atomic mass is 79.9. The van der Waals surface area contributed by atoms with Gasteiger partial charge in [0.25, 0.3) is 5.91 Å². The molecule has 1 amide bonds. The highest BCUT2D eigenvalue weighted by Gasteiger charge is 2.27. The highest BCUT2D eigenvalue weighted by molar-refractivity contribution is 9.10. The van der Waals surface area contributed by atoms with E-state index in [1.165, 1.54) is 0 Å². The van der Waals surface area contributed by atoms with Crippen LogP contribution in [0.25, 0.3) is 10.9 Å². The van der Waals surface area contributed by atoms with E-state index in [9.17, 15) is 9.59 Å². The van der Waals surface area contributed by atoms with Gasteiger partial charge < -0.3 is 19.6 Å². The number of halogens is 1. The van der Waals surface area contributed by atoms with Crippen molar-refractivity contribution in [2.75, 3.05) is 5.32 Å². The number of esters is 1. The van der Waals surface area contributed by atoms with Crippen molar-refractivity contribution in [3.63, 3.8) is 0 Å². The number of carbonyl (C=O) groups is 2. The number of benzene rings is 2. The molecule has 0 saturated heterocycles. The Morgan fingerprint density at radius 1 is 1.17 bits per heavy atom. The molecule has 2 aromatic heterocycles. The smallest absolute Gasteiger partial charge is 0.341 e. The molecule has 0 radical (unpaired) electrons. The number of H-pyrrole nitrogens is 1. The number of nitrogens with one attached hydrogen (secondary N) is 2. The van der Waals surface area contributed by atoms with Crippen LogP contribution < -0.4 is 5.32 Å². The monoisotopic (exact) mass is 453 g/mol. The van der Waals surface area contributed by atoms with E-state index in [1.54, 1.807) is 43.5 Å². The van der Waals surface area contributed by atoms with Crippen LogP contribution in [0.1, 0.15) is 27.8 Å². The average molecular weight is 454 g/mol. The topological polar surface area (TPSA) is 97.2 Å². The molecule has 2 aromatic carbocycles. The number of rotatable bonds is 5. The predicted molar refractivity (Wildman–Crippen MR) is 110 cm³/mol. The van der Waals surface area contributed by atoms with Crippen LogP contribution in [0.2, 0.25) is 0 Å². The molecule has 2 N–H and O–H groups in total. The largest absolute Gasteiger partial charge is 0.444 e. The summed E-state index contributed by atoms with van der Waals surface area (Å²) in [6, 6.07) is 15.9. The number of fused-ring (bicyclic) bond motifs is 1. The van der Waals surface area contributed by atoms with Crippen LogP contribution >= 0.6 is 15.9 Å². The number of nitrogens with zero attached hydrogens (tertiary/aromatic N) is 1. The summed E-state index contributed by atoms with van der Waals surface area (Å²) < 4.78 is 11.4. The summed E-state index contributed by atoms with van der Waals surface area (Å²) in [4.78, 5) is 28.8. The minimum atomic E-state index is -1.15. The first-order chi connectivity index (χ1) is 14.0. The molecule has 0 aliphatic rings. The molecule has 4 rings (SSSR count). The van der Waals surface area contributed by atoms with E-state index in [2.05, 4.69) is 31.4 Å². The van der Waals surface area contributed by atoms with Gasteiger partial charge in [-0.3, -0.25) is 4.79 Å². The number of aromatic nitrogens is 2. The number of anilines is 1. The molecule has 4 aromatic rings. The second-order valence-electron chi connectivity index (χ2n) is 6.40. The minimum Gasteiger partial charge on any atom is -0.444 e. The molecule has 7 nitrogen and oxygen atoms in total. The number of hydrogen-bond donors (Lipinski definition) is 2. The quantitative estimate of drug-likeness (QED) is 0.424. The fourth-order valence-electron chi connectivity index (χ4n) is 2.95. The van der Waals surface area contributed by atoms with Crippen molar-refractivity contribution in [1.82, 2.24) is 10.1 Å². The maximum atomic E-state index is 12.9. The van der Waals surface area contributed by atoms with Gasteiger partial charge >= 0.3 is 5.97 Å². The SMILES string of the molecule is Cc1cc(NC(=O)C(OC(=O)c2c[nH]c3ccc(Br)cc23)c2ccccc2)no1. The van der Waals surface area contributed by atoms with Crippen molar-refractivity contribution >= 4 is 44.5 Å². The fourth-order valence-corrected chi connectivity index (χ4v) is 3.31. The van der Waals surface area contributed by atoms with E-state index in [-0.39, 0.29) is 5.82 Å². The van der Waals surface area contributed by atoms with Gasteiger partial charge in [-0.2, -0.15) is 0 Å². The first-order valence-electron chi connectivity index (χ1n) is 8.78. The summed E-state index contributed by atoms with van der Waals surface area (Å²) >= 11 is 3.40. The molecule has 1 unspecified atom stereocenters. The van der Waals surface area contributed by atoms with Gasteiger partial charge in [0.2, 0.25) is 6.10 Å². The number of hydrogen-bond acceptors (Lipinski definition) is 5. The van der Waals surface area contributed by atoms with Crippen molar-refractivity contribution in [3.05, 3.63) is 82.2 Å². The fraction of sp³-hybridized carbons (Fsp3) is 0.0952. The maximum Gasteiger partial charge on any atom is 0.341 e. The number of aryl methyl sites for hydroxylation is 1. The molecular weight excluding hydrogens is 438 g/mol. The van der Waals surface area contributed by atoms with Crippen molar-refractivity contribution in [2.24, 2.45) is 0 Å². The Morgan fingerprint density at radius 2 is 1.97 bits per heavy atom. The summed E-state index contributed by atoms with van der Waals surface area (Å²) in [6.45, 7) is 1.71. The number of ether oxygens (including phenoxy) is 1. The van der Waals surface area contributed by atoms with E-state index >= 15 is 0 Å². The van der Waals surface area contributed by atoms with Gasteiger partial charge in [-0.25, -0.2) is 4.79 Å². The van der Waals surface area contributed by atoms with Gasteiger partial charge in [0.05, 0.1) is 5.56 Å². The zero-order chi connectivity index (χ0) is 20.4. The lowest BCUT2D eigenvalue weighted by atomic mass is 10.1. The lowest BCUT2D eigenvalue weighted by Crippen LogP contribution is -2.26. The summed E-state index contributed by atoms with van der Waals surface area (Å²) in [7, 11) is 0. The maximum absolute atomic E-state index is 12.9. The Hall–Kier alpha value is -3.39. The standard InChI is InChI=1S/C21H16BrN3O4/c1-12-9-18(25-29-12)24-20(26)19(13-5-3-2-4-6-13)28-21(27)16-11-23-17-8-7-14(22)10-15(16)17/h2-11,19,23H,1H3,(H,24,25,26). The zero-order valence-electron chi connectivity index (χ0n) is 15.3. The van der Waals surface area contributed by atoms with E-state index in [1.807, 2.05) is 24.3 Å². The van der Waals surface area contributed by atoms with Gasteiger partial charge in [0.1, 0.15) is 5.76 Å². The van der Waals surface area contributed by atoms with Crippen molar-refractivity contribution in [2.45, 2.75) is 13.0 Å². The number of amides is 1. The normalized spacial score (nSPS) is 11.9. The Balaban J connectivity index is 1.63. The van der Waals surface area contributed by atoms with Crippen LogP contribution in [0.5, 0.6) is 0 Å². The van der Waals surface area contributed by atoms with Gasteiger partial charge in [-0.05, 0) is 25.1 Å². The van der Waals surface area contributed by atoms with Crippen LogP contribution in [-0.4, -0.2) is 22.0 Å². The second kappa shape index (κ2) is 7.92. The highest BCUT2D eigenvalue weighted by Crippen LogP contribution is 2.26. The number of aromatic amines is 1. The van der Waals surface area contributed by atoms with Gasteiger partial charge in [0.15, 0.2) is 5.82 Å². The molecule has 0 aliphatic heterocycles. The van der Waals surface area contributed by atoms with Crippen LogP contribution in [0.4, 0.5) is 5.82 Å². The molecule has 0 spiro atoms. The second-order valence-corrected chi connectivity index (χ2v) is 7.32. The zero-order valence-corrected chi connectivity index (χ0v) is 16.9. The Morgan fingerprint density at radius 3 is 2.69 bits per heavy atom. The predicted octanol–water partition coefficient (Wildman–Crippen LogP) is 4.76. The third-order valence-electron chi connectivity index (χ3n) is 4.31. The van der Waals surface area contributed by atoms with Crippen LogP contribution in [0.3, 0.4) is 0 Å². The molecule has 0 bridgehead atoms. The molecule has 29 heavy (non-hydrogen) atoms. The molecule has 8 heteroatoms. The lowest BCUT2D eigenvalue weighted by molar-refractivity contribution is -0.125.